The Kier molecular flexibility index (Phi) is 3.72. The van der Waals surface area contributed by atoms with Gasteiger partial charge in [-0.25, -0.2) is 9.97 Å². The molecule has 0 aromatic carbocycles. The third-order valence-electron chi connectivity index (χ3n) is 2.58. The van der Waals surface area contributed by atoms with Gasteiger partial charge in [0.1, 0.15) is 11.5 Å². The molecular weight excluding hydrogens is 246 g/mol. The van der Waals surface area contributed by atoms with Gasteiger partial charge in [-0.15, -0.1) is 11.3 Å². The largest absolute Gasteiger partial charge is 0.346 e. The zero-order valence-corrected chi connectivity index (χ0v) is 11.5. The minimum Gasteiger partial charge on any atom is -0.346 e. The molecule has 0 aliphatic carbocycles. The van der Waals surface area contributed by atoms with Gasteiger partial charge in [-0.3, -0.25) is 4.79 Å². The van der Waals surface area contributed by atoms with Gasteiger partial charge in [-0.1, -0.05) is 0 Å². The second kappa shape index (κ2) is 5.27. The molecule has 18 heavy (non-hydrogen) atoms. The summed E-state index contributed by atoms with van der Waals surface area (Å²) in [6, 6.07) is 3.74. The van der Waals surface area contributed by atoms with Crippen molar-refractivity contribution in [3.63, 3.8) is 0 Å². The number of hydrogen-bond acceptors (Lipinski definition) is 4. The summed E-state index contributed by atoms with van der Waals surface area (Å²) in [5.41, 5.74) is 2.43. The van der Waals surface area contributed by atoms with E-state index < -0.39 is 0 Å². The number of nitrogens with one attached hydrogen (secondary N) is 1. The minimum atomic E-state index is -0.156. The van der Waals surface area contributed by atoms with E-state index in [0.29, 0.717) is 18.1 Å². The average molecular weight is 261 g/mol. The van der Waals surface area contributed by atoms with Crippen LogP contribution in [-0.2, 0) is 6.54 Å². The number of rotatable bonds is 3. The van der Waals surface area contributed by atoms with Crippen LogP contribution in [0.5, 0.6) is 0 Å². The van der Waals surface area contributed by atoms with Crippen LogP contribution in [0.15, 0.2) is 17.5 Å². The zero-order valence-electron chi connectivity index (χ0n) is 10.7. The summed E-state index contributed by atoms with van der Waals surface area (Å²) in [5, 5.41) is 4.90. The second-order valence-electron chi connectivity index (χ2n) is 4.15. The molecule has 4 nitrogen and oxygen atoms in total. The third kappa shape index (κ3) is 2.92. The first-order chi connectivity index (χ1) is 8.56. The molecule has 0 saturated heterocycles. The van der Waals surface area contributed by atoms with Crippen LogP contribution in [0.2, 0.25) is 0 Å². The Morgan fingerprint density at radius 1 is 1.33 bits per heavy atom. The maximum atomic E-state index is 12.0. The van der Waals surface area contributed by atoms with Crippen molar-refractivity contribution in [2.75, 3.05) is 0 Å². The van der Waals surface area contributed by atoms with Crippen molar-refractivity contribution >= 4 is 17.2 Å². The molecule has 2 heterocycles. The van der Waals surface area contributed by atoms with E-state index >= 15 is 0 Å². The van der Waals surface area contributed by atoms with Crippen LogP contribution >= 0.6 is 11.3 Å². The van der Waals surface area contributed by atoms with E-state index in [9.17, 15) is 4.79 Å². The summed E-state index contributed by atoms with van der Waals surface area (Å²) in [4.78, 5) is 21.4. The molecule has 2 aromatic heterocycles. The van der Waals surface area contributed by atoms with E-state index in [-0.39, 0.29) is 5.91 Å². The summed E-state index contributed by atoms with van der Waals surface area (Å²) in [6.45, 7) is 6.23. The second-order valence-corrected chi connectivity index (χ2v) is 5.15. The summed E-state index contributed by atoms with van der Waals surface area (Å²) >= 11 is 1.65. The summed E-state index contributed by atoms with van der Waals surface area (Å²) in [5.74, 6) is 0.462. The van der Waals surface area contributed by atoms with Crippen LogP contribution < -0.4 is 5.32 Å². The van der Waals surface area contributed by atoms with Gasteiger partial charge in [0.2, 0.25) is 0 Å². The number of hydrogen-bond donors (Lipinski definition) is 1. The smallest absolute Gasteiger partial charge is 0.270 e. The topological polar surface area (TPSA) is 54.9 Å². The van der Waals surface area contributed by atoms with Crippen molar-refractivity contribution in [1.82, 2.24) is 15.3 Å². The average Bonchev–Trinajstić information content (AvgIpc) is 2.70. The Hall–Kier alpha value is -1.75. The number of aryl methyl sites for hydroxylation is 3. The fraction of sp³-hybridized carbons (Fsp3) is 0.308. The van der Waals surface area contributed by atoms with Crippen LogP contribution in [0.1, 0.15) is 32.4 Å². The normalized spacial score (nSPS) is 10.4. The Labute approximate surface area is 110 Å². The predicted molar refractivity (Wildman–Crippen MR) is 71.7 cm³/mol. The van der Waals surface area contributed by atoms with Crippen molar-refractivity contribution in [3.05, 3.63) is 45.2 Å². The highest BCUT2D eigenvalue weighted by Gasteiger charge is 2.09. The van der Waals surface area contributed by atoms with E-state index in [1.165, 1.54) is 10.4 Å². The Balaban J connectivity index is 2.06. The fourth-order valence-electron chi connectivity index (χ4n) is 1.67. The SMILES string of the molecule is Cc1cc(C(=O)NCc2sccc2C)nc(C)n1. The van der Waals surface area contributed by atoms with E-state index in [1.807, 2.05) is 25.3 Å². The van der Waals surface area contributed by atoms with Crippen molar-refractivity contribution < 1.29 is 4.79 Å². The van der Waals surface area contributed by atoms with E-state index in [0.717, 1.165) is 5.69 Å². The molecule has 0 saturated carbocycles. The number of nitrogens with zero attached hydrogens (tertiary/aromatic N) is 2. The zero-order chi connectivity index (χ0) is 13.1. The van der Waals surface area contributed by atoms with Gasteiger partial charge in [-0.2, -0.15) is 0 Å². The molecule has 2 rings (SSSR count). The van der Waals surface area contributed by atoms with Crippen molar-refractivity contribution in [1.29, 1.82) is 0 Å². The van der Waals surface area contributed by atoms with Crippen LogP contribution in [0.3, 0.4) is 0 Å². The highest BCUT2D eigenvalue weighted by atomic mass is 32.1. The van der Waals surface area contributed by atoms with Crippen LogP contribution in [0.25, 0.3) is 0 Å². The maximum Gasteiger partial charge on any atom is 0.270 e. The van der Waals surface area contributed by atoms with Crippen LogP contribution in [0.4, 0.5) is 0 Å². The molecule has 0 aliphatic rings. The van der Waals surface area contributed by atoms with Crippen LogP contribution in [-0.4, -0.2) is 15.9 Å². The summed E-state index contributed by atoms with van der Waals surface area (Å²) in [7, 11) is 0. The van der Waals surface area contributed by atoms with Gasteiger partial charge in [-0.05, 0) is 43.8 Å². The van der Waals surface area contributed by atoms with E-state index in [2.05, 4.69) is 15.3 Å². The molecule has 0 atom stereocenters. The highest BCUT2D eigenvalue weighted by Crippen LogP contribution is 2.15. The number of aromatic nitrogens is 2. The molecule has 1 N–H and O–H groups in total. The molecule has 0 fully saturated rings. The standard InChI is InChI=1S/C13H15N3OS/c1-8-4-5-18-12(8)7-14-13(17)11-6-9(2)15-10(3)16-11/h4-6H,7H2,1-3H3,(H,14,17). The number of carbonyl (C=O) groups is 1. The first-order valence-electron chi connectivity index (χ1n) is 5.69. The lowest BCUT2D eigenvalue weighted by Crippen LogP contribution is -2.24. The van der Waals surface area contributed by atoms with Crippen molar-refractivity contribution in [2.45, 2.75) is 27.3 Å². The number of carbonyl (C=O) groups excluding carboxylic acids is 1. The third-order valence-corrected chi connectivity index (χ3v) is 3.60. The molecule has 0 aliphatic heterocycles. The first kappa shape index (κ1) is 12.7. The van der Waals surface area contributed by atoms with Gasteiger partial charge in [0.05, 0.1) is 6.54 Å². The molecule has 0 radical (unpaired) electrons. The molecular formula is C13H15N3OS. The van der Waals surface area contributed by atoms with Gasteiger partial charge in [0, 0.05) is 10.6 Å². The molecule has 94 valence electrons. The molecule has 5 heteroatoms. The Morgan fingerprint density at radius 2 is 2.11 bits per heavy atom. The number of amides is 1. The monoisotopic (exact) mass is 261 g/mol. The molecule has 0 spiro atoms. The molecule has 1 amide bonds. The molecule has 2 aromatic rings. The lowest BCUT2D eigenvalue weighted by molar-refractivity contribution is 0.0945. The van der Waals surface area contributed by atoms with Gasteiger partial charge >= 0.3 is 0 Å². The Morgan fingerprint density at radius 3 is 2.72 bits per heavy atom. The fourth-order valence-corrected chi connectivity index (χ4v) is 2.52. The minimum absolute atomic E-state index is 0.156. The van der Waals surface area contributed by atoms with E-state index in [1.54, 1.807) is 24.3 Å². The molecule has 0 unspecified atom stereocenters. The quantitative estimate of drug-likeness (QED) is 0.923. The van der Waals surface area contributed by atoms with Gasteiger partial charge < -0.3 is 5.32 Å². The van der Waals surface area contributed by atoms with Crippen molar-refractivity contribution in [2.24, 2.45) is 0 Å². The lowest BCUT2D eigenvalue weighted by Gasteiger charge is -2.05. The maximum absolute atomic E-state index is 12.0. The van der Waals surface area contributed by atoms with Crippen LogP contribution in [0, 0.1) is 20.8 Å². The van der Waals surface area contributed by atoms with Crippen molar-refractivity contribution in [3.8, 4) is 0 Å². The predicted octanol–water partition coefficient (Wildman–Crippen LogP) is 2.39. The lowest BCUT2D eigenvalue weighted by atomic mass is 10.3. The summed E-state index contributed by atoms with van der Waals surface area (Å²) in [6.07, 6.45) is 0. The number of thiophene rings is 1. The highest BCUT2D eigenvalue weighted by molar-refractivity contribution is 7.10. The summed E-state index contributed by atoms with van der Waals surface area (Å²) < 4.78 is 0. The first-order valence-corrected chi connectivity index (χ1v) is 6.57. The Bertz CT molecular complexity index is 557. The van der Waals surface area contributed by atoms with Gasteiger partial charge in [0.15, 0.2) is 0 Å². The van der Waals surface area contributed by atoms with E-state index in [4.69, 9.17) is 0 Å². The van der Waals surface area contributed by atoms with Gasteiger partial charge in [0.25, 0.3) is 5.91 Å². The molecule has 0 bridgehead atoms.